The highest BCUT2D eigenvalue weighted by atomic mass is 15.0. The monoisotopic (exact) mass is 970 g/mol. The van der Waals surface area contributed by atoms with Crippen LogP contribution in [-0.4, -0.2) is 17.9 Å². The van der Waals surface area contributed by atoms with E-state index in [2.05, 4.69) is 264 Å². The van der Waals surface area contributed by atoms with Crippen LogP contribution in [0, 0.1) is 0 Å². The third-order valence-corrected chi connectivity index (χ3v) is 17.3. The van der Waals surface area contributed by atoms with Crippen LogP contribution in [0.15, 0.2) is 218 Å². The van der Waals surface area contributed by atoms with Gasteiger partial charge in [0.15, 0.2) is 0 Å². The van der Waals surface area contributed by atoms with Crippen molar-refractivity contribution in [3.05, 3.63) is 230 Å². The Hall–Kier alpha value is -9.38. The van der Waals surface area contributed by atoms with Gasteiger partial charge in [0.05, 0.1) is 55.2 Å². The summed E-state index contributed by atoms with van der Waals surface area (Å²) in [6, 6.07) is 81.6. The van der Waals surface area contributed by atoms with Crippen LogP contribution in [0.5, 0.6) is 0 Å². The quantitative estimate of drug-likeness (QED) is 0.158. The molecule has 0 unspecified atom stereocenters. The fourth-order valence-corrected chi connectivity index (χ4v) is 14.4. The van der Waals surface area contributed by atoms with Crippen LogP contribution in [0.3, 0.4) is 0 Å². The molecule has 0 radical (unpaired) electrons. The number of benzene rings is 11. The van der Waals surface area contributed by atoms with Crippen LogP contribution in [-0.2, 0) is 0 Å². The van der Waals surface area contributed by atoms with Crippen LogP contribution in [0.2, 0.25) is 0 Å². The van der Waals surface area contributed by atoms with Crippen LogP contribution >= 0.6 is 0 Å². The lowest BCUT2D eigenvalue weighted by Gasteiger charge is -2.19. The maximum Gasteiger partial charge on any atom is 0.0641 e. The van der Waals surface area contributed by atoms with E-state index in [9.17, 15) is 0 Å². The lowest BCUT2D eigenvalue weighted by Crippen LogP contribution is -2.01. The molecule has 17 aromatic rings. The van der Waals surface area contributed by atoms with E-state index in [0.29, 0.717) is 0 Å². The molecule has 0 spiro atoms. The van der Waals surface area contributed by atoms with Gasteiger partial charge >= 0.3 is 0 Å². The maximum atomic E-state index is 2.69. The van der Waals surface area contributed by atoms with Gasteiger partial charge in [-0.3, -0.25) is 0 Å². The lowest BCUT2D eigenvalue weighted by atomic mass is 9.87. The highest BCUT2D eigenvalue weighted by Gasteiger charge is 2.33. The Bertz CT molecular complexity index is 4940. The zero-order valence-corrected chi connectivity index (χ0v) is 42.7. The average Bonchev–Trinajstić information content (AvgIpc) is 4.50. The summed E-state index contributed by atoms with van der Waals surface area (Å²) in [6.45, 7) is 9.68. The number of fused-ring (bicyclic) bond motifs is 20. The summed E-state index contributed by atoms with van der Waals surface area (Å²) in [7, 11) is 0. The minimum absolute atomic E-state index is 0.221. The molecule has 0 aliphatic heterocycles. The van der Waals surface area contributed by atoms with E-state index in [4.69, 9.17) is 0 Å². The van der Waals surface area contributed by atoms with Gasteiger partial charge in [-0.15, -0.1) is 0 Å². The summed E-state index contributed by atoms with van der Waals surface area (Å²) >= 11 is 0. The molecule has 0 atom stereocenters. The normalized spacial score (nSPS) is 12.7. The second-order valence-corrected chi connectivity index (χ2v) is 21.9. The number of hydrogen-bond acceptors (Lipinski definition) is 0. The first-order chi connectivity index (χ1) is 37.4. The van der Waals surface area contributed by atoms with Crippen molar-refractivity contribution < 1.29 is 0 Å². The van der Waals surface area contributed by atoms with Gasteiger partial charge in [0.25, 0.3) is 0 Å². The maximum absolute atomic E-state index is 2.69. The predicted octanol–water partition coefficient (Wildman–Crippen LogP) is 19.8. The molecule has 11 aromatic carbocycles. The van der Waals surface area contributed by atoms with E-state index >= 15 is 0 Å². The average molecular weight is 971 g/mol. The molecule has 4 heteroatoms. The van der Waals surface area contributed by atoms with Gasteiger partial charge in [0, 0.05) is 76.0 Å². The summed E-state index contributed by atoms with van der Waals surface area (Å²) in [5, 5.41) is 15.7. The van der Waals surface area contributed by atoms with Gasteiger partial charge < -0.3 is 17.9 Å². The Labute approximate surface area is 438 Å². The molecule has 0 fully saturated rings. The van der Waals surface area contributed by atoms with Crippen molar-refractivity contribution in [2.75, 3.05) is 0 Å². The standard InChI is InChI=1S/C72H50N4/c1-41(2)61-65-55-31-17-29-53-64-60(38-36-52-50-28-12-14-34-58(50)74(70(52)64)48-26-16-24-46(40-48)44-21-9-6-10-22-44)76(67(53)55)72(65)62(42(3)4)66-56-32-18-30-54-63-59(75(68(54)56)71(61)66)37-35-51-49-27-11-13-33-57(49)73(69(51)63)47-25-15-23-45(39-47)43-19-7-5-8-20-43/h5-42H,1-4H3. The zero-order valence-electron chi connectivity index (χ0n) is 42.7. The van der Waals surface area contributed by atoms with Crippen molar-refractivity contribution in [3.8, 4) is 33.6 Å². The van der Waals surface area contributed by atoms with E-state index in [1.807, 2.05) is 0 Å². The Morgan fingerprint density at radius 1 is 0.250 bits per heavy atom. The molecular weight excluding hydrogens is 921 g/mol. The van der Waals surface area contributed by atoms with Crippen LogP contribution in [0.4, 0.5) is 0 Å². The van der Waals surface area contributed by atoms with E-state index in [-0.39, 0.29) is 11.8 Å². The van der Waals surface area contributed by atoms with Crippen molar-refractivity contribution in [2.45, 2.75) is 39.5 Å². The van der Waals surface area contributed by atoms with Gasteiger partial charge in [-0.05, 0) is 93.7 Å². The molecular formula is C72H50N4. The fraction of sp³-hybridized carbons (Fsp3) is 0.0833. The van der Waals surface area contributed by atoms with Crippen molar-refractivity contribution in [2.24, 2.45) is 0 Å². The number of aromatic nitrogens is 4. The van der Waals surface area contributed by atoms with Crippen molar-refractivity contribution in [1.29, 1.82) is 0 Å². The minimum Gasteiger partial charge on any atom is -0.309 e. The molecule has 76 heavy (non-hydrogen) atoms. The molecule has 0 N–H and O–H groups in total. The summed E-state index contributed by atoms with van der Waals surface area (Å²) in [4.78, 5) is 0. The third kappa shape index (κ3) is 5.28. The Morgan fingerprint density at radius 2 is 0.605 bits per heavy atom. The summed E-state index contributed by atoms with van der Waals surface area (Å²) in [6.07, 6.45) is 0. The SMILES string of the molecule is CC(C)c1c2c3cccc4c5c6c(ccc5n(c2c(C(C)C)c2c5cccc7c8c9c(ccc8n(c12)c57)c1ccccc1n9-c1cccc(-c2ccccc2)c1)c34)c1ccccc1n6-c1cccc(-c2ccccc2)c1. The van der Waals surface area contributed by atoms with E-state index in [1.54, 1.807) is 0 Å². The Morgan fingerprint density at radius 3 is 1.03 bits per heavy atom. The van der Waals surface area contributed by atoms with Gasteiger partial charge in [0.2, 0.25) is 0 Å². The van der Waals surface area contributed by atoms with Crippen LogP contribution in [0.25, 0.3) is 153 Å². The molecule has 0 saturated heterocycles. The largest absolute Gasteiger partial charge is 0.309 e. The molecule has 6 aromatic heterocycles. The second kappa shape index (κ2) is 15.1. The number of para-hydroxylation sites is 4. The molecule has 0 aliphatic carbocycles. The van der Waals surface area contributed by atoms with Crippen LogP contribution < -0.4 is 0 Å². The Kier molecular flexibility index (Phi) is 8.36. The first kappa shape index (κ1) is 42.0. The predicted molar refractivity (Wildman–Crippen MR) is 323 cm³/mol. The molecule has 0 aliphatic rings. The zero-order chi connectivity index (χ0) is 50.2. The van der Waals surface area contributed by atoms with E-state index in [0.717, 1.165) is 11.4 Å². The molecule has 0 amide bonds. The Balaban J connectivity index is 1.02. The summed E-state index contributed by atoms with van der Waals surface area (Å²) < 4.78 is 10.5. The van der Waals surface area contributed by atoms with E-state index in [1.165, 1.54) is 153 Å². The molecule has 0 saturated carbocycles. The first-order valence-electron chi connectivity index (χ1n) is 27.0. The molecule has 4 nitrogen and oxygen atoms in total. The van der Waals surface area contributed by atoms with Gasteiger partial charge in [-0.2, -0.15) is 0 Å². The summed E-state index contributed by atoms with van der Waals surface area (Å²) in [5.74, 6) is 0.442. The number of hydrogen-bond donors (Lipinski definition) is 0. The van der Waals surface area contributed by atoms with Gasteiger partial charge in [-0.25, -0.2) is 0 Å². The van der Waals surface area contributed by atoms with Crippen molar-refractivity contribution in [1.82, 2.24) is 17.9 Å². The third-order valence-electron chi connectivity index (χ3n) is 17.3. The van der Waals surface area contributed by atoms with Gasteiger partial charge in [0.1, 0.15) is 0 Å². The summed E-state index contributed by atoms with van der Waals surface area (Å²) in [5.41, 5.74) is 22.8. The molecule has 17 rings (SSSR count). The van der Waals surface area contributed by atoms with Crippen molar-refractivity contribution in [3.63, 3.8) is 0 Å². The van der Waals surface area contributed by atoms with Crippen LogP contribution in [0.1, 0.15) is 50.7 Å². The van der Waals surface area contributed by atoms with Gasteiger partial charge in [-0.1, -0.05) is 198 Å². The lowest BCUT2D eigenvalue weighted by molar-refractivity contribution is 0.869. The second-order valence-electron chi connectivity index (χ2n) is 21.9. The molecule has 6 heterocycles. The fourth-order valence-electron chi connectivity index (χ4n) is 14.4. The molecule has 0 bridgehead atoms. The highest BCUT2D eigenvalue weighted by Crippen LogP contribution is 2.54. The first-order valence-corrected chi connectivity index (χ1v) is 27.0. The smallest absolute Gasteiger partial charge is 0.0641 e. The van der Waals surface area contributed by atoms with E-state index < -0.39 is 0 Å². The number of nitrogens with zero attached hydrogens (tertiary/aromatic N) is 4. The molecule has 358 valence electrons. The topological polar surface area (TPSA) is 18.7 Å². The number of rotatable bonds is 6. The van der Waals surface area contributed by atoms with Crippen molar-refractivity contribution >= 4 is 120 Å². The highest BCUT2D eigenvalue weighted by molar-refractivity contribution is 6.36. The minimum atomic E-state index is 0.221.